The zero-order valence-electron chi connectivity index (χ0n) is 18.5. The van der Waals surface area contributed by atoms with Crippen LogP contribution >= 0.6 is 22.9 Å². The maximum absolute atomic E-state index is 12.9. The number of halogens is 1. The van der Waals surface area contributed by atoms with Crippen molar-refractivity contribution in [3.05, 3.63) is 76.6 Å². The van der Waals surface area contributed by atoms with Crippen LogP contribution in [0, 0.1) is 0 Å². The van der Waals surface area contributed by atoms with Gasteiger partial charge in [-0.05, 0) is 15.4 Å². The number of methoxy groups -OCH3 is 1. The van der Waals surface area contributed by atoms with Gasteiger partial charge in [-0.1, -0.05) is 93.0 Å². The highest BCUT2D eigenvalue weighted by molar-refractivity contribution is 7.15. The van der Waals surface area contributed by atoms with Crippen molar-refractivity contribution in [1.29, 1.82) is 0 Å². The van der Waals surface area contributed by atoms with Gasteiger partial charge in [0.05, 0.1) is 12.1 Å². The van der Waals surface area contributed by atoms with Crippen LogP contribution in [-0.2, 0) is 14.0 Å². The molecule has 0 saturated heterocycles. The van der Waals surface area contributed by atoms with Gasteiger partial charge < -0.3 is 14.5 Å². The number of esters is 1. The molecule has 3 rings (SSSR count). The van der Waals surface area contributed by atoms with Crippen LogP contribution in [0.2, 0.25) is 10.1 Å². The summed E-state index contributed by atoms with van der Waals surface area (Å²) in [5.74, 6) is -0.957. The van der Waals surface area contributed by atoms with Crippen molar-refractivity contribution in [3.63, 3.8) is 0 Å². The number of rotatable bonds is 7. The lowest BCUT2D eigenvalue weighted by atomic mass is 10.2. The van der Waals surface area contributed by atoms with Gasteiger partial charge >= 0.3 is 5.97 Å². The third-order valence-corrected chi connectivity index (χ3v) is 11.5. The Hall–Kier alpha value is -2.45. The van der Waals surface area contributed by atoms with Gasteiger partial charge in [-0.2, -0.15) is 0 Å². The fraction of sp³-hybridized carbons (Fsp3) is 0.250. The number of ether oxygens (including phenoxy) is 1. The van der Waals surface area contributed by atoms with Crippen LogP contribution in [0.5, 0.6) is 0 Å². The van der Waals surface area contributed by atoms with Crippen molar-refractivity contribution in [3.8, 4) is 0 Å². The topological polar surface area (TPSA) is 64.6 Å². The number of hydrogen-bond acceptors (Lipinski definition) is 5. The number of hydrogen-bond donors (Lipinski definition) is 1. The molecule has 0 spiro atoms. The van der Waals surface area contributed by atoms with Crippen LogP contribution in [0.3, 0.4) is 0 Å². The molecule has 8 heteroatoms. The van der Waals surface area contributed by atoms with Crippen molar-refractivity contribution in [2.45, 2.75) is 25.8 Å². The van der Waals surface area contributed by atoms with Crippen molar-refractivity contribution in [1.82, 2.24) is 0 Å². The molecule has 1 aromatic heterocycles. The number of anilines is 1. The van der Waals surface area contributed by atoms with E-state index in [0.29, 0.717) is 5.00 Å². The van der Waals surface area contributed by atoms with E-state index in [4.69, 9.17) is 20.8 Å². The molecule has 0 aliphatic carbocycles. The van der Waals surface area contributed by atoms with Crippen LogP contribution < -0.4 is 15.7 Å². The Morgan fingerprint density at radius 3 is 2.00 bits per heavy atom. The second kappa shape index (κ2) is 10.00. The Balaban J connectivity index is 1.94. The molecule has 1 N–H and O–H groups in total. The zero-order chi connectivity index (χ0) is 23.4. The summed E-state index contributed by atoms with van der Waals surface area (Å²) in [7, 11) is -1.57. The standard InChI is InChI=1S/C24H26ClNO4SSi/c1-24(2,3)32(17-11-7-5-8-12-17,18-13-9-6-10-14-18)30-15-20(27)26-22-21(23(28)29-4)19(25)16-31-22/h5-14,16H,15H2,1-4H3,(H,26,27). The number of nitrogens with one attached hydrogen (secondary N) is 1. The molecule has 0 bridgehead atoms. The predicted molar refractivity (Wildman–Crippen MR) is 133 cm³/mol. The van der Waals surface area contributed by atoms with Crippen LogP contribution in [0.15, 0.2) is 66.0 Å². The molecule has 0 aliphatic heterocycles. The van der Waals surface area contributed by atoms with Crippen molar-refractivity contribution < 1.29 is 18.8 Å². The molecule has 0 aliphatic rings. The fourth-order valence-electron chi connectivity index (χ4n) is 3.82. The van der Waals surface area contributed by atoms with Crippen LogP contribution in [0.4, 0.5) is 5.00 Å². The largest absolute Gasteiger partial charge is 0.465 e. The minimum absolute atomic E-state index is 0.151. The molecule has 2 aromatic carbocycles. The Morgan fingerprint density at radius 2 is 1.53 bits per heavy atom. The molecule has 168 valence electrons. The summed E-state index contributed by atoms with van der Waals surface area (Å²) in [5, 5.41) is 6.86. The average molecular weight is 488 g/mol. The summed E-state index contributed by atoms with van der Waals surface area (Å²) in [6.07, 6.45) is 0. The highest BCUT2D eigenvalue weighted by Gasteiger charge is 2.50. The van der Waals surface area contributed by atoms with E-state index in [2.05, 4.69) is 50.4 Å². The van der Waals surface area contributed by atoms with Gasteiger partial charge in [0.2, 0.25) is 5.91 Å². The number of amides is 1. The molecule has 0 atom stereocenters. The molecule has 0 radical (unpaired) electrons. The number of carbonyl (C=O) groups is 2. The van der Waals surface area contributed by atoms with E-state index in [0.717, 1.165) is 10.4 Å². The molecular weight excluding hydrogens is 462 g/mol. The highest BCUT2D eigenvalue weighted by Crippen LogP contribution is 2.37. The lowest BCUT2D eigenvalue weighted by molar-refractivity contribution is -0.118. The van der Waals surface area contributed by atoms with Gasteiger partial charge in [0.25, 0.3) is 8.32 Å². The summed E-state index contributed by atoms with van der Waals surface area (Å²) in [4.78, 5) is 25.0. The number of thiophene rings is 1. The van der Waals surface area contributed by atoms with E-state index in [-0.39, 0.29) is 28.1 Å². The van der Waals surface area contributed by atoms with Crippen LogP contribution in [0.1, 0.15) is 31.1 Å². The fourth-order valence-corrected chi connectivity index (χ4v) is 9.51. The van der Waals surface area contributed by atoms with Gasteiger partial charge in [-0.25, -0.2) is 4.79 Å². The average Bonchev–Trinajstić information content (AvgIpc) is 3.14. The minimum atomic E-state index is -2.84. The van der Waals surface area contributed by atoms with Crippen molar-refractivity contribution >= 4 is 58.5 Å². The Bertz CT molecular complexity index is 1040. The maximum Gasteiger partial charge on any atom is 0.342 e. The lowest BCUT2D eigenvalue weighted by Gasteiger charge is -2.42. The van der Waals surface area contributed by atoms with Crippen molar-refractivity contribution in [2.75, 3.05) is 19.0 Å². The van der Waals surface area contributed by atoms with E-state index >= 15 is 0 Å². The molecule has 1 heterocycles. The van der Waals surface area contributed by atoms with Crippen molar-refractivity contribution in [2.24, 2.45) is 0 Å². The minimum Gasteiger partial charge on any atom is -0.465 e. The zero-order valence-corrected chi connectivity index (χ0v) is 21.0. The SMILES string of the molecule is COC(=O)c1c(Cl)csc1NC(=O)CO[Si](c1ccccc1)(c1ccccc1)C(C)(C)C. The summed E-state index contributed by atoms with van der Waals surface area (Å²) in [5.41, 5.74) is 0.151. The molecule has 32 heavy (non-hydrogen) atoms. The van der Waals surface area contributed by atoms with Crippen LogP contribution in [-0.4, -0.2) is 33.9 Å². The Labute approximate surface area is 198 Å². The monoisotopic (exact) mass is 487 g/mol. The lowest BCUT2D eigenvalue weighted by Crippen LogP contribution is -2.67. The first-order chi connectivity index (χ1) is 15.2. The van der Waals surface area contributed by atoms with E-state index in [1.54, 1.807) is 5.38 Å². The Kier molecular flexibility index (Phi) is 7.56. The third kappa shape index (κ3) is 4.81. The summed E-state index contributed by atoms with van der Waals surface area (Å²) in [6.45, 7) is 6.27. The maximum atomic E-state index is 12.9. The molecule has 0 fully saturated rings. The second-order valence-electron chi connectivity index (χ2n) is 8.28. The molecule has 5 nitrogen and oxygen atoms in total. The first-order valence-electron chi connectivity index (χ1n) is 10.1. The first-order valence-corrected chi connectivity index (χ1v) is 13.3. The number of carbonyl (C=O) groups excluding carboxylic acids is 2. The number of benzene rings is 2. The van der Waals surface area contributed by atoms with E-state index in [1.807, 2.05) is 36.4 Å². The van der Waals surface area contributed by atoms with E-state index in [9.17, 15) is 9.59 Å². The first kappa shape index (κ1) is 24.2. The van der Waals surface area contributed by atoms with Gasteiger partial charge in [0, 0.05) is 5.38 Å². The normalized spacial score (nSPS) is 11.8. The molecule has 3 aromatic rings. The highest BCUT2D eigenvalue weighted by atomic mass is 35.5. The van der Waals surface area contributed by atoms with Gasteiger partial charge in [0.15, 0.2) is 0 Å². The van der Waals surface area contributed by atoms with Gasteiger partial charge in [-0.15, -0.1) is 11.3 Å². The summed E-state index contributed by atoms with van der Waals surface area (Å²) >= 11 is 7.28. The summed E-state index contributed by atoms with van der Waals surface area (Å²) < 4.78 is 11.4. The summed E-state index contributed by atoms with van der Waals surface area (Å²) in [6, 6.07) is 20.2. The predicted octanol–water partition coefficient (Wildman–Crippen LogP) is 4.70. The van der Waals surface area contributed by atoms with Gasteiger partial charge in [-0.3, -0.25) is 4.79 Å². The third-order valence-electron chi connectivity index (χ3n) is 5.23. The molecule has 0 unspecified atom stereocenters. The van der Waals surface area contributed by atoms with E-state index < -0.39 is 14.3 Å². The Morgan fingerprint density at radius 1 is 1.00 bits per heavy atom. The van der Waals surface area contributed by atoms with Crippen LogP contribution in [0.25, 0.3) is 0 Å². The smallest absolute Gasteiger partial charge is 0.342 e. The second-order valence-corrected chi connectivity index (χ2v) is 13.9. The molecular formula is C24H26ClNO4SSi. The van der Waals surface area contributed by atoms with E-state index in [1.165, 1.54) is 18.4 Å². The van der Waals surface area contributed by atoms with Gasteiger partial charge in [0.1, 0.15) is 17.2 Å². The molecule has 0 saturated carbocycles. The quantitative estimate of drug-likeness (QED) is 0.387. The molecule has 1 amide bonds.